The Morgan fingerprint density at radius 1 is 1.19 bits per heavy atom. The molecule has 0 spiro atoms. The van der Waals surface area contributed by atoms with Crippen LogP contribution in [0.2, 0.25) is 0 Å². The first-order chi connectivity index (χ1) is 12.6. The minimum atomic E-state index is -0.171. The van der Waals surface area contributed by atoms with Crippen LogP contribution in [0.4, 0.5) is 0 Å². The van der Waals surface area contributed by atoms with E-state index in [1.807, 2.05) is 49.4 Å². The van der Waals surface area contributed by atoms with Crippen molar-refractivity contribution in [2.75, 3.05) is 0 Å². The fourth-order valence-electron chi connectivity index (χ4n) is 3.15. The Morgan fingerprint density at radius 2 is 2.00 bits per heavy atom. The summed E-state index contributed by atoms with van der Waals surface area (Å²) in [5.41, 5.74) is 2.74. The molecule has 1 amide bonds. The highest BCUT2D eigenvalue weighted by Crippen LogP contribution is 2.22. The lowest BCUT2D eigenvalue weighted by molar-refractivity contribution is 0.0937. The molecule has 0 fully saturated rings. The van der Waals surface area contributed by atoms with Crippen LogP contribution in [0.5, 0.6) is 0 Å². The number of imidazole rings is 1. The number of halogens is 1. The van der Waals surface area contributed by atoms with Crippen LogP contribution >= 0.6 is 15.9 Å². The van der Waals surface area contributed by atoms with E-state index in [1.165, 1.54) is 12.8 Å². The van der Waals surface area contributed by atoms with Crippen molar-refractivity contribution in [1.29, 1.82) is 0 Å². The van der Waals surface area contributed by atoms with Crippen molar-refractivity contribution in [1.82, 2.24) is 14.9 Å². The molecule has 0 saturated heterocycles. The fraction of sp³-hybridized carbons (Fsp3) is 0.333. The van der Waals surface area contributed by atoms with E-state index >= 15 is 0 Å². The third-order valence-electron chi connectivity index (χ3n) is 4.49. The average molecular weight is 414 g/mol. The number of fused-ring (bicyclic) bond motifs is 1. The maximum absolute atomic E-state index is 12.6. The number of carbonyl (C=O) groups excluding carboxylic acids is 1. The van der Waals surface area contributed by atoms with Gasteiger partial charge in [-0.3, -0.25) is 4.79 Å². The molecule has 1 aromatic heterocycles. The predicted octanol–water partition coefficient (Wildman–Crippen LogP) is 5.48. The number of nitrogens with zero attached hydrogens (tertiary/aromatic N) is 2. The third-order valence-corrected chi connectivity index (χ3v) is 4.98. The molecule has 3 rings (SSSR count). The van der Waals surface area contributed by atoms with Crippen molar-refractivity contribution in [3.63, 3.8) is 0 Å². The molecule has 5 heteroatoms. The molecule has 4 nitrogen and oxygen atoms in total. The molecule has 0 bridgehead atoms. The van der Waals surface area contributed by atoms with Crippen LogP contribution < -0.4 is 5.32 Å². The number of hydrogen-bond donors (Lipinski definition) is 1. The molecule has 0 aliphatic carbocycles. The number of benzene rings is 2. The van der Waals surface area contributed by atoms with E-state index in [0.29, 0.717) is 5.56 Å². The fourth-order valence-corrected chi connectivity index (χ4v) is 3.55. The highest BCUT2D eigenvalue weighted by atomic mass is 79.9. The predicted molar refractivity (Wildman–Crippen MR) is 109 cm³/mol. The summed E-state index contributed by atoms with van der Waals surface area (Å²) in [5, 5.41) is 3.09. The van der Waals surface area contributed by atoms with Gasteiger partial charge in [-0.2, -0.15) is 0 Å². The Labute approximate surface area is 162 Å². The molecular weight excluding hydrogens is 390 g/mol. The summed E-state index contributed by atoms with van der Waals surface area (Å²) in [6, 6.07) is 15.4. The number of carbonyl (C=O) groups is 1. The van der Waals surface area contributed by atoms with Gasteiger partial charge >= 0.3 is 0 Å². The van der Waals surface area contributed by atoms with Gasteiger partial charge in [0.05, 0.1) is 17.1 Å². The summed E-state index contributed by atoms with van der Waals surface area (Å²) in [7, 11) is 0. The monoisotopic (exact) mass is 413 g/mol. The second-order valence-corrected chi connectivity index (χ2v) is 7.44. The molecule has 1 unspecified atom stereocenters. The SMILES string of the molecule is CCCCCn1c(C(C)NC(=O)c2cccc(Br)c2)nc2ccccc21. The lowest BCUT2D eigenvalue weighted by Crippen LogP contribution is -2.28. The lowest BCUT2D eigenvalue weighted by Gasteiger charge is -2.16. The van der Waals surface area contributed by atoms with E-state index in [0.717, 1.165) is 34.3 Å². The minimum absolute atomic E-state index is 0.0917. The average Bonchev–Trinajstić information content (AvgIpc) is 3.01. The molecule has 1 atom stereocenters. The van der Waals surface area contributed by atoms with Gasteiger partial charge in [-0.25, -0.2) is 4.98 Å². The van der Waals surface area contributed by atoms with Gasteiger partial charge in [0, 0.05) is 16.6 Å². The van der Waals surface area contributed by atoms with Crippen molar-refractivity contribution in [2.24, 2.45) is 0 Å². The Morgan fingerprint density at radius 3 is 2.77 bits per heavy atom. The van der Waals surface area contributed by atoms with Gasteiger partial charge in [0.15, 0.2) is 0 Å². The molecule has 0 aliphatic heterocycles. The summed E-state index contributed by atoms with van der Waals surface area (Å²) in [5.74, 6) is 0.816. The highest BCUT2D eigenvalue weighted by molar-refractivity contribution is 9.10. The van der Waals surface area contributed by atoms with Crippen molar-refractivity contribution in [3.05, 3.63) is 64.4 Å². The van der Waals surface area contributed by atoms with E-state index < -0.39 is 0 Å². The number of para-hydroxylation sites is 2. The zero-order valence-electron chi connectivity index (χ0n) is 15.2. The van der Waals surface area contributed by atoms with E-state index in [1.54, 1.807) is 0 Å². The molecule has 0 radical (unpaired) electrons. The number of aromatic nitrogens is 2. The lowest BCUT2D eigenvalue weighted by atomic mass is 10.2. The van der Waals surface area contributed by atoms with Crippen LogP contribution in [-0.4, -0.2) is 15.5 Å². The summed E-state index contributed by atoms with van der Waals surface area (Å²) < 4.78 is 3.14. The molecule has 3 aromatic rings. The summed E-state index contributed by atoms with van der Waals surface area (Å²) in [6.07, 6.45) is 3.47. The smallest absolute Gasteiger partial charge is 0.251 e. The van der Waals surface area contributed by atoms with E-state index in [-0.39, 0.29) is 11.9 Å². The van der Waals surface area contributed by atoms with Gasteiger partial charge in [-0.1, -0.05) is 53.9 Å². The topological polar surface area (TPSA) is 46.9 Å². The van der Waals surface area contributed by atoms with E-state index in [4.69, 9.17) is 4.98 Å². The Bertz CT molecular complexity index is 903. The summed E-state index contributed by atoms with van der Waals surface area (Å²) in [6.45, 7) is 5.11. The Balaban J connectivity index is 1.85. The van der Waals surface area contributed by atoms with Crippen molar-refractivity contribution >= 4 is 32.9 Å². The minimum Gasteiger partial charge on any atom is -0.342 e. The summed E-state index contributed by atoms with van der Waals surface area (Å²) >= 11 is 3.42. The molecule has 2 aromatic carbocycles. The molecular formula is C21H24BrN3O. The van der Waals surface area contributed by atoms with E-state index in [2.05, 4.69) is 38.8 Å². The van der Waals surface area contributed by atoms with Crippen molar-refractivity contribution < 1.29 is 4.79 Å². The summed E-state index contributed by atoms with van der Waals surface area (Å²) in [4.78, 5) is 17.4. The molecule has 1 N–H and O–H groups in total. The van der Waals surface area contributed by atoms with Crippen LogP contribution in [0.25, 0.3) is 11.0 Å². The quantitative estimate of drug-likeness (QED) is 0.521. The van der Waals surface area contributed by atoms with Gasteiger partial charge in [-0.15, -0.1) is 0 Å². The van der Waals surface area contributed by atoms with Gasteiger partial charge in [0.2, 0.25) is 0 Å². The molecule has 136 valence electrons. The van der Waals surface area contributed by atoms with Gasteiger partial charge in [-0.05, 0) is 43.7 Å². The van der Waals surface area contributed by atoms with Crippen molar-refractivity contribution in [2.45, 2.75) is 45.7 Å². The van der Waals surface area contributed by atoms with Crippen LogP contribution in [0, 0.1) is 0 Å². The number of unbranched alkanes of at least 4 members (excludes halogenated alkanes) is 2. The number of hydrogen-bond acceptors (Lipinski definition) is 2. The number of amides is 1. The molecule has 0 aliphatic rings. The van der Waals surface area contributed by atoms with Crippen LogP contribution in [0.3, 0.4) is 0 Å². The molecule has 1 heterocycles. The number of nitrogens with one attached hydrogen (secondary N) is 1. The number of aryl methyl sites for hydroxylation is 1. The van der Waals surface area contributed by atoms with Gasteiger partial charge in [0.25, 0.3) is 5.91 Å². The third kappa shape index (κ3) is 4.15. The highest BCUT2D eigenvalue weighted by Gasteiger charge is 2.19. The first kappa shape index (κ1) is 18.6. The standard InChI is InChI=1S/C21H24BrN3O/c1-3-4-7-13-25-19-12-6-5-11-18(19)24-20(25)15(2)23-21(26)16-9-8-10-17(22)14-16/h5-6,8-12,14-15H,3-4,7,13H2,1-2H3,(H,23,26). The zero-order chi connectivity index (χ0) is 18.5. The Kier molecular flexibility index (Phi) is 6.09. The van der Waals surface area contributed by atoms with Gasteiger partial charge < -0.3 is 9.88 Å². The number of rotatable bonds is 7. The van der Waals surface area contributed by atoms with Crippen LogP contribution in [0.15, 0.2) is 53.0 Å². The maximum atomic E-state index is 12.6. The zero-order valence-corrected chi connectivity index (χ0v) is 16.8. The van der Waals surface area contributed by atoms with E-state index in [9.17, 15) is 4.79 Å². The van der Waals surface area contributed by atoms with Crippen LogP contribution in [0.1, 0.15) is 55.3 Å². The maximum Gasteiger partial charge on any atom is 0.251 e. The molecule has 26 heavy (non-hydrogen) atoms. The largest absolute Gasteiger partial charge is 0.342 e. The normalized spacial score (nSPS) is 12.3. The van der Waals surface area contributed by atoms with Crippen LogP contribution in [-0.2, 0) is 6.54 Å². The van der Waals surface area contributed by atoms with Gasteiger partial charge in [0.1, 0.15) is 5.82 Å². The second kappa shape index (κ2) is 8.49. The first-order valence-electron chi connectivity index (χ1n) is 9.11. The Hall–Kier alpha value is -2.14. The second-order valence-electron chi connectivity index (χ2n) is 6.52. The van der Waals surface area contributed by atoms with Crippen molar-refractivity contribution in [3.8, 4) is 0 Å². The first-order valence-corrected chi connectivity index (χ1v) is 9.91. The molecule has 0 saturated carbocycles.